The summed E-state index contributed by atoms with van der Waals surface area (Å²) in [5, 5.41) is 0. The van der Waals surface area contributed by atoms with Crippen molar-refractivity contribution in [2.75, 3.05) is 14.1 Å². The number of benzene rings is 2. The highest BCUT2D eigenvalue weighted by Crippen LogP contribution is 2.20. The Balaban J connectivity index is 2.03. The summed E-state index contributed by atoms with van der Waals surface area (Å²) in [4.78, 5) is 17.6. The molecule has 1 aromatic heterocycles. The lowest BCUT2D eigenvalue weighted by atomic mass is 10.2. The number of carbonyl (C=O) groups is 1. The summed E-state index contributed by atoms with van der Waals surface area (Å²) in [6, 6.07) is 11.9. The number of terminal acetylenes is 1. The van der Waals surface area contributed by atoms with E-state index in [1.807, 2.05) is 16.7 Å². The minimum absolute atomic E-state index is 0.121. The molecule has 0 saturated carbocycles. The van der Waals surface area contributed by atoms with Crippen LogP contribution in [-0.2, 0) is 23.0 Å². The first-order valence-electron chi connectivity index (χ1n) is 8.95. The van der Waals surface area contributed by atoms with Gasteiger partial charge in [-0.15, -0.1) is 6.42 Å². The molecule has 0 atom stereocenters. The summed E-state index contributed by atoms with van der Waals surface area (Å²) in [5.74, 6) is 2.15. The van der Waals surface area contributed by atoms with Gasteiger partial charge in [-0.2, -0.15) is 4.99 Å². The zero-order chi connectivity index (χ0) is 21.2. The highest BCUT2D eigenvalue weighted by atomic mass is 32.2. The van der Waals surface area contributed by atoms with Crippen molar-refractivity contribution in [2.45, 2.75) is 24.8 Å². The van der Waals surface area contributed by atoms with Crippen LogP contribution < -0.4 is 4.80 Å². The fourth-order valence-corrected chi connectivity index (χ4v) is 4.79. The number of hydrogen-bond acceptors (Lipinski definition) is 4. The molecule has 0 aliphatic rings. The molecule has 8 heteroatoms. The standard InChI is InChI=1S/C21H21N3O3S2/c1-5-13-24-18-12-7-15(6-2)14-19(18)28-21(24)22-20(25)16-8-10-17(11-9-16)29(26,27)23(3)4/h1,7-12,14H,6,13H2,2-4H3. The summed E-state index contributed by atoms with van der Waals surface area (Å²) < 4.78 is 28.3. The molecular formula is C21H21N3O3S2. The van der Waals surface area contributed by atoms with Gasteiger partial charge >= 0.3 is 0 Å². The number of thiazole rings is 1. The molecule has 0 unspecified atom stereocenters. The Bertz CT molecular complexity index is 1280. The lowest BCUT2D eigenvalue weighted by Gasteiger charge is -2.11. The lowest BCUT2D eigenvalue weighted by Crippen LogP contribution is -2.22. The molecule has 0 aliphatic heterocycles. The second-order valence-electron chi connectivity index (χ2n) is 6.56. The number of aryl methyl sites for hydroxylation is 1. The number of amides is 1. The van der Waals surface area contributed by atoms with E-state index in [1.165, 1.54) is 55.3 Å². The van der Waals surface area contributed by atoms with E-state index in [9.17, 15) is 13.2 Å². The number of rotatable bonds is 5. The van der Waals surface area contributed by atoms with E-state index in [4.69, 9.17) is 6.42 Å². The molecule has 0 N–H and O–H groups in total. The van der Waals surface area contributed by atoms with Gasteiger partial charge < -0.3 is 4.57 Å². The van der Waals surface area contributed by atoms with Gasteiger partial charge in [0.25, 0.3) is 5.91 Å². The van der Waals surface area contributed by atoms with E-state index in [0.717, 1.165) is 20.9 Å². The molecule has 0 fully saturated rings. The smallest absolute Gasteiger partial charge is 0.279 e. The van der Waals surface area contributed by atoms with E-state index in [0.29, 0.717) is 16.9 Å². The topological polar surface area (TPSA) is 71.7 Å². The van der Waals surface area contributed by atoms with Crippen molar-refractivity contribution in [1.82, 2.24) is 8.87 Å². The number of aromatic nitrogens is 1. The second kappa shape index (κ2) is 8.33. The van der Waals surface area contributed by atoms with Gasteiger partial charge in [0.05, 0.1) is 21.7 Å². The van der Waals surface area contributed by atoms with E-state index < -0.39 is 15.9 Å². The highest BCUT2D eigenvalue weighted by molar-refractivity contribution is 7.89. The van der Waals surface area contributed by atoms with Gasteiger partial charge in [0.1, 0.15) is 0 Å². The van der Waals surface area contributed by atoms with Crippen LogP contribution in [-0.4, -0.2) is 37.3 Å². The Kier molecular flexibility index (Phi) is 6.03. The van der Waals surface area contributed by atoms with Gasteiger partial charge in [-0.1, -0.05) is 30.2 Å². The average Bonchev–Trinajstić information content (AvgIpc) is 3.04. The Morgan fingerprint density at radius 1 is 1.21 bits per heavy atom. The molecule has 0 aliphatic carbocycles. The average molecular weight is 428 g/mol. The Labute approximate surface area is 174 Å². The first-order valence-corrected chi connectivity index (χ1v) is 11.2. The molecule has 6 nitrogen and oxygen atoms in total. The monoisotopic (exact) mass is 427 g/mol. The predicted molar refractivity (Wildman–Crippen MR) is 115 cm³/mol. The van der Waals surface area contributed by atoms with E-state index in [-0.39, 0.29) is 4.90 Å². The third-order valence-electron chi connectivity index (χ3n) is 4.48. The molecule has 150 valence electrons. The van der Waals surface area contributed by atoms with E-state index in [2.05, 4.69) is 23.9 Å². The fourth-order valence-electron chi connectivity index (χ4n) is 2.80. The van der Waals surface area contributed by atoms with Gasteiger partial charge in [0, 0.05) is 19.7 Å². The maximum Gasteiger partial charge on any atom is 0.279 e. The minimum Gasteiger partial charge on any atom is -0.305 e. The number of fused-ring (bicyclic) bond motifs is 1. The van der Waals surface area contributed by atoms with Crippen LogP contribution >= 0.6 is 11.3 Å². The van der Waals surface area contributed by atoms with Crippen LogP contribution in [0, 0.1) is 12.3 Å². The zero-order valence-electron chi connectivity index (χ0n) is 16.4. The summed E-state index contributed by atoms with van der Waals surface area (Å²) in [7, 11) is -0.634. The first-order chi connectivity index (χ1) is 13.8. The third kappa shape index (κ3) is 4.17. The summed E-state index contributed by atoms with van der Waals surface area (Å²) in [6.45, 7) is 2.39. The number of nitrogens with zero attached hydrogens (tertiary/aromatic N) is 3. The predicted octanol–water partition coefficient (Wildman–Crippen LogP) is 2.89. The van der Waals surface area contributed by atoms with Crippen LogP contribution in [0.15, 0.2) is 52.4 Å². The molecule has 0 bridgehead atoms. The SMILES string of the molecule is C#CCn1c(=NC(=O)c2ccc(S(=O)(=O)N(C)C)cc2)sc2cc(CC)ccc21. The van der Waals surface area contributed by atoms with Crippen molar-refractivity contribution < 1.29 is 13.2 Å². The normalized spacial score (nSPS) is 12.4. The van der Waals surface area contributed by atoms with Crippen molar-refractivity contribution in [3.63, 3.8) is 0 Å². The molecule has 3 rings (SSSR count). The lowest BCUT2D eigenvalue weighted by molar-refractivity contribution is 0.0998. The highest BCUT2D eigenvalue weighted by Gasteiger charge is 2.17. The molecular weight excluding hydrogens is 406 g/mol. The maximum absolute atomic E-state index is 12.7. The van der Waals surface area contributed by atoms with Gasteiger partial charge in [-0.05, 0) is 48.4 Å². The molecule has 29 heavy (non-hydrogen) atoms. The Hall–Kier alpha value is -2.73. The van der Waals surface area contributed by atoms with Gasteiger partial charge in [-0.3, -0.25) is 4.79 Å². The molecule has 0 saturated heterocycles. The van der Waals surface area contributed by atoms with Gasteiger partial charge in [0.15, 0.2) is 4.80 Å². The molecule has 1 amide bonds. The van der Waals surface area contributed by atoms with Crippen LogP contribution in [0.2, 0.25) is 0 Å². The van der Waals surface area contributed by atoms with E-state index >= 15 is 0 Å². The molecule has 2 aromatic carbocycles. The summed E-state index contributed by atoms with van der Waals surface area (Å²) in [5.41, 5.74) is 2.44. The van der Waals surface area contributed by atoms with Crippen LogP contribution in [0.3, 0.4) is 0 Å². The van der Waals surface area contributed by atoms with Crippen LogP contribution in [0.5, 0.6) is 0 Å². The maximum atomic E-state index is 12.7. The van der Waals surface area contributed by atoms with Crippen LogP contribution in [0.4, 0.5) is 0 Å². The summed E-state index contributed by atoms with van der Waals surface area (Å²) >= 11 is 1.41. The Morgan fingerprint density at radius 2 is 1.90 bits per heavy atom. The first kappa shape index (κ1) is 21.0. The Morgan fingerprint density at radius 3 is 2.48 bits per heavy atom. The van der Waals surface area contributed by atoms with Crippen molar-refractivity contribution in [1.29, 1.82) is 0 Å². The quantitative estimate of drug-likeness (QED) is 0.588. The third-order valence-corrected chi connectivity index (χ3v) is 7.35. The molecule has 3 aromatic rings. The number of sulfonamides is 1. The van der Waals surface area contributed by atoms with Crippen molar-refractivity contribution in [2.24, 2.45) is 4.99 Å². The second-order valence-corrected chi connectivity index (χ2v) is 9.72. The summed E-state index contributed by atoms with van der Waals surface area (Å²) in [6.07, 6.45) is 6.42. The molecule has 0 radical (unpaired) electrons. The van der Waals surface area contributed by atoms with Crippen LogP contribution in [0.25, 0.3) is 10.2 Å². The van der Waals surface area contributed by atoms with Crippen molar-refractivity contribution >= 4 is 37.5 Å². The molecule has 1 heterocycles. The van der Waals surface area contributed by atoms with Gasteiger partial charge in [-0.25, -0.2) is 12.7 Å². The number of hydrogen-bond donors (Lipinski definition) is 0. The van der Waals surface area contributed by atoms with Gasteiger partial charge in [0.2, 0.25) is 10.0 Å². The minimum atomic E-state index is -3.55. The molecule has 0 spiro atoms. The van der Waals surface area contributed by atoms with Crippen LogP contribution in [0.1, 0.15) is 22.8 Å². The van der Waals surface area contributed by atoms with Crippen molar-refractivity contribution in [3.05, 3.63) is 58.4 Å². The zero-order valence-corrected chi connectivity index (χ0v) is 18.0. The fraction of sp³-hybridized carbons (Fsp3) is 0.238. The van der Waals surface area contributed by atoms with Crippen molar-refractivity contribution in [3.8, 4) is 12.3 Å². The van der Waals surface area contributed by atoms with E-state index in [1.54, 1.807) is 0 Å². The number of carbonyl (C=O) groups excluding carboxylic acids is 1. The largest absolute Gasteiger partial charge is 0.305 e.